The van der Waals surface area contributed by atoms with Gasteiger partial charge in [-0.1, -0.05) is 11.6 Å². The fourth-order valence-electron chi connectivity index (χ4n) is 2.07. The topological polar surface area (TPSA) is 54.4 Å². The fraction of sp³-hybridized carbons (Fsp3) is 0.455. The molecule has 1 N–H and O–H groups in total. The summed E-state index contributed by atoms with van der Waals surface area (Å²) in [6, 6.07) is 4.04. The van der Waals surface area contributed by atoms with Gasteiger partial charge in [-0.25, -0.2) is 12.8 Å². The van der Waals surface area contributed by atoms with Crippen molar-refractivity contribution in [1.82, 2.24) is 0 Å². The number of hydrogen-bond acceptors (Lipinski definition) is 3. The van der Waals surface area contributed by atoms with Gasteiger partial charge >= 0.3 is 0 Å². The first-order valence-electron chi connectivity index (χ1n) is 5.16. The molecular weight excluding hydrogens is 267 g/mol. The number of aliphatic hydroxyl groups is 1. The van der Waals surface area contributed by atoms with Crippen LogP contribution in [0.15, 0.2) is 18.2 Å². The van der Waals surface area contributed by atoms with Gasteiger partial charge in [0.25, 0.3) is 0 Å². The Balaban J connectivity index is 2.24. The summed E-state index contributed by atoms with van der Waals surface area (Å²) in [6.07, 6.45) is 0.111. The van der Waals surface area contributed by atoms with Gasteiger partial charge in [-0.05, 0) is 30.2 Å². The molecule has 0 saturated carbocycles. The molecule has 0 aliphatic carbocycles. The van der Waals surface area contributed by atoms with Crippen LogP contribution in [0.5, 0.6) is 0 Å². The van der Waals surface area contributed by atoms with Gasteiger partial charge in [0, 0.05) is 11.4 Å². The van der Waals surface area contributed by atoms with Crippen molar-refractivity contribution in [1.29, 1.82) is 0 Å². The van der Waals surface area contributed by atoms with Gasteiger partial charge in [0.1, 0.15) is 5.82 Å². The summed E-state index contributed by atoms with van der Waals surface area (Å²) in [7, 11) is -3.20. The van der Waals surface area contributed by atoms with E-state index in [0.717, 1.165) is 0 Å². The van der Waals surface area contributed by atoms with Gasteiger partial charge < -0.3 is 5.11 Å². The van der Waals surface area contributed by atoms with E-state index < -0.39 is 21.3 Å². The second-order valence-electron chi connectivity index (χ2n) is 4.48. The summed E-state index contributed by atoms with van der Waals surface area (Å²) in [5, 5.41) is 10.5. The van der Waals surface area contributed by atoms with Gasteiger partial charge in [0.15, 0.2) is 9.84 Å². The summed E-state index contributed by atoms with van der Waals surface area (Å²) < 4.78 is 36.1. The zero-order chi connectivity index (χ0) is 12.7. The van der Waals surface area contributed by atoms with Crippen molar-refractivity contribution in [2.45, 2.75) is 18.4 Å². The fourth-order valence-corrected chi connectivity index (χ4v) is 4.17. The molecule has 0 aromatic heterocycles. The van der Waals surface area contributed by atoms with Crippen LogP contribution in [-0.4, -0.2) is 30.6 Å². The van der Waals surface area contributed by atoms with Crippen molar-refractivity contribution in [2.24, 2.45) is 0 Å². The molecule has 1 saturated heterocycles. The Morgan fingerprint density at radius 3 is 2.76 bits per heavy atom. The van der Waals surface area contributed by atoms with E-state index in [2.05, 4.69) is 0 Å². The van der Waals surface area contributed by atoms with Crippen LogP contribution in [-0.2, 0) is 16.3 Å². The lowest BCUT2D eigenvalue weighted by Crippen LogP contribution is -2.33. The predicted molar refractivity (Wildman–Crippen MR) is 63.3 cm³/mol. The molecule has 1 fully saturated rings. The molecule has 1 atom stereocenters. The Labute approximate surface area is 104 Å². The highest BCUT2D eigenvalue weighted by molar-refractivity contribution is 7.91. The second kappa shape index (κ2) is 4.23. The minimum atomic E-state index is -3.20. The molecule has 17 heavy (non-hydrogen) atoms. The number of benzene rings is 1. The number of sulfone groups is 1. The van der Waals surface area contributed by atoms with E-state index >= 15 is 0 Å². The highest BCUT2D eigenvalue weighted by atomic mass is 35.5. The molecule has 0 radical (unpaired) electrons. The molecule has 1 aromatic rings. The summed E-state index contributed by atoms with van der Waals surface area (Å²) in [4.78, 5) is 0. The molecule has 3 nitrogen and oxygen atoms in total. The zero-order valence-corrected chi connectivity index (χ0v) is 10.6. The lowest BCUT2D eigenvalue weighted by molar-refractivity contribution is 0.0672. The Hall–Kier alpha value is -0.650. The molecule has 1 unspecified atom stereocenters. The van der Waals surface area contributed by atoms with Crippen molar-refractivity contribution >= 4 is 21.4 Å². The molecule has 1 heterocycles. The summed E-state index contributed by atoms with van der Waals surface area (Å²) in [5.41, 5.74) is -1.12. The Morgan fingerprint density at radius 2 is 2.18 bits per heavy atom. The van der Waals surface area contributed by atoms with Crippen molar-refractivity contribution in [3.05, 3.63) is 34.6 Å². The maximum Gasteiger partial charge on any atom is 0.153 e. The molecule has 1 aromatic carbocycles. The lowest BCUT2D eigenvalue weighted by atomic mass is 9.94. The zero-order valence-electron chi connectivity index (χ0n) is 8.99. The van der Waals surface area contributed by atoms with Crippen molar-refractivity contribution in [2.75, 3.05) is 11.5 Å². The molecule has 0 bridgehead atoms. The molecule has 1 aliphatic heterocycles. The van der Waals surface area contributed by atoms with E-state index in [0.29, 0.717) is 5.02 Å². The van der Waals surface area contributed by atoms with Crippen molar-refractivity contribution in [3.8, 4) is 0 Å². The maximum absolute atomic E-state index is 13.5. The second-order valence-corrected chi connectivity index (χ2v) is 7.10. The first-order chi connectivity index (χ1) is 7.80. The third-order valence-corrected chi connectivity index (χ3v) is 4.93. The highest BCUT2D eigenvalue weighted by Crippen LogP contribution is 2.29. The molecule has 0 amide bonds. The predicted octanol–water partition coefficient (Wildman–Crippen LogP) is 1.57. The van der Waals surface area contributed by atoms with E-state index in [1.165, 1.54) is 18.2 Å². The van der Waals surface area contributed by atoms with Gasteiger partial charge in [-0.15, -0.1) is 0 Å². The molecular formula is C11H12ClFO3S. The lowest BCUT2D eigenvalue weighted by Gasteiger charge is -2.20. The van der Waals surface area contributed by atoms with Crippen LogP contribution in [0.3, 0.4) is 0 Å². The molecule has 2 rings (SSSR count). The smallest absolute Gasteiger partial charge is 0.153 e. The van der Waals surface area contributed by atoms with Crippen molar-refractivity contribution < 1.29 is 17.9 Å². The molecule has 0 spiro atoms. The Bertz CT molecular complexity index is 544. The van der Waals surface area contributed by atoms with E-state index in [4.69, 9.17) is 11.6 Å². The van der Waals surface area contributed by atoms with Crippen LogP contribution in [0.2, 0.25) is 5.02 Å². The monoisotopic (exact) mass is 278 g/mol. The molecule has 6 heteroatoms. The first kappa shape index (κ1) is 12.8. The average molecular weight is 279 g/mol. The quantitative estimate of drug-likeness (QED) is 0.893. The third-order valence-electron chi connectivity index (χ3n) is 2.89. The van der Waals surface area contributed by atoms with E-state index in [1.54, 1.807) is 0 Å². The van der Waals surface area contributed by atoms with Gasteiger partial charge in [0.2, 0.25) is 0 Å². The number of rotatable bonds is 2. The van der Waals surface area contributed by atoms with Gasteiger partial charge in [-0.2, -0.15) is 0 Å². The number of hydrogen-bond donors (Lipinski definition) is 1. The minimum Gasteiger partial charge on any atom is -0.388 e. The summed E-state index contributed by atoms with van der Waals surface area (Å²) >= 11 is 5.74. The van der Waals surface area contributed by atoms with Crippen LogP contribution in [0.25, 0.3) is 0 Å². The summed E-state index contributed by atoms with van der Waals surface area (Å²) in [5.74, 6) is -0.843. The van der Waals surface area contributed by atoms with Gasteiger partial charge in [0.05, 0.1) is 17.1 Å². The van der Waals surface area contributed by atoms with Gasteiger partial charge in [-0.3, -0.25) is 0 Å². The third kappa shape index (κ3) is 2.97. The minimum absolute atomic E-state index is 0.0291. The maximum atomic E-state index is 13.5. The normalized spacial score (nSPS) is 27.2. The van der Waals surface area contributed by atoms with Crippen LogP contribution in [0, 0.1) is 5.82 Å². The van der Waals surface area contributed by atoms with E-state index in [9.17, 15) is 17.9 Å². The largest absolute Gasteiger partial charge is 0.388 e. The number of halogens is 2. The Kier molecular flexibility index (Phi) is 3.18. The van der Waals surface area contributed by atoms with Crippen LogP contribution >= 0.6 is 11.6 Å². The molecule has 1 aliphatic rings. The highest BCUT2D eigenvalue weighted by Gasteiger charge is 2.40. The first-order valence-corrected chi connectivity index (χ1v) is 7.36. The van der Waals surface area contributed by atoms with E-state index in [1.807, 2.05) is 0 Å². The van der Waals surface area contributed by atoms with Crippen LogP contribution < -0.4 is 0 Å². The Morgan fingerprint density at radius 1 is 1.47 bits per heavy atom. The van der Waals surface area contributed by atoms with Crippen molar-refractivity contribution in [3.63, 3.8) is 0 Å². The van der Waals surface area contributed by atoms with E-state index in [-0.39, 0.29) is 29.9 Å². The average Bonchev–Trinajstić information content (AvgIpc) is 2.47. The summed E-state index contributed by atoms with van der Waals surface area (Å²) in [6.45, 7) is 0. The van der Waals surface area contributed by atoms with Crippen LogP contribution in [0.1, 0.15) is 12.0 Å². The SMILES string of the molecule is O=S1(=O)CCC(O)(Cc2cc(Cl)ccc2F)C1. The standard InChI is InChI=1S/C11H12ClFO3S/c12-9-1-2-10(13)8(5-9)6-11(14)3-4-17(15,16)7-11/h1-2,5,14H,3-4,6-7H2. The molecule has 94 valence electrons. The van der Waals surface area contributed by atoms with Crippen LogP contribution in [0.4, 0.5) is 4.39 Å².